The molecule has 7 nitrogen and oxygen atoms in total. The number of rotatable bonds is 7. The Morgan fingerprint density at radius 3 is 3.05 bits per heavy atom. The number of ether oxygens (including phenoxy) is 1. The monoisotopic (exact) mass is 313 g/mol. The average Bonchev–Trinajstić information content (AvgIpc) is 3.04. The number of nitrogens with zero attached hydrogens (tertiary/aromatic N) is 2. The molecular weight excluding hydrogens is 290 g/mol. The van der Waals surface area contributed by atoms with Gasteiger partial charge in [0, 0.05) is 39.4 Å². The normalized spacial score (nSPS) is 18.2. The van der Waals surface area contributed by atoms with E-state index in [0.29, 0.717) is 23.8 Å². The summed E-state index contributed by atoms with van der Waals surface area (Å²) in [5.74, 6) is 0.141. The first-order valence-electron chi connectivity index (χ1n) is 7.15. The minimum absolute atomic E-state index is 0.155. The van der Waals surface area contributed by atoms with Crippen LogP contribution in [0.2, 0.25) is 0 Å². The van der Waals surface area contributed by atoms with E-state index < -0.39 is 0 Å². The summed E-state index contributed by atoms with van der Waals surface area (Å²) in [5.41, 5.74) is 11.7. The Labute approximate surface area is 128 Å². The van der Waals surface area contributed by atoms with Gasteiger partial charge in [-0.25, -0.2) is 4.98 Å². The quantitative estimate of drug-likeness (QED) is 0.630. The molecule has 1 saturated heterocycles. The summed E-state index contributed by atoms with van der Waals surface area (Å²) in [6.45, 7) is 2.96. The number of carbonyl (C=O) groups is 1. The lowest BCUT2D eigenvalue weighted by molar-refractivity contribution is 0.0956. The number of amides is 1. The van der Waals surface area contributed by atoms with Crippen molar-refractivity contribution in [2.45, 2.75) is 25.3 Å². The van der Waals surface area contributed by atoms with Crippen LogP contribution < -0.4 is 21.7 Å². The number of hydrogen-bond acceptors (Lipinski definition) is 7. The SMILES string of the molecule is COCCCCNC(=O)c1sc(N2CCC(N)C2)nc1N. The number of aromatic nitrogens is 1. The fourth-order valence-electron chi connectivity index (χ4n) is 2.23. The molecule has 118 valence electrons. The van der Waals surface area contributed by atoms with Crippen molar-refractivity contribution in [1.29, 1.82) is 0 Å². The van der Waals surface area contributed by atoms with Crippen LogP contribution in [0.4, 0.5) is 10.9 Å². The Morgan fingerprint density at radius 2 is 2.38 bits per heavy atom. The van der Waals surface area contributed by atoms with E-state index in [4.69, 9.17) is 16.2 Å². The summed E-state index contributed by atoms with van der Waals surface area (Å²) in [5, 5.41) is 3.65. The fraction of sp³-hybridized carbons (Fsp3) is 0.692. The Morgan fingerprint density at radius 1 is 1.57 bits per heavy atom. The predicted molar refractivity (Wildman–Crippen MR) is 84.8 cm³/mol. The Bertz CT molecular complexity index is 479. The molecule has 0 aromatic carbocycles. The van der Waals surface area contributed by atoms with Crippen molar-refractivity contribution < 1.29 is 9.53 Å². The molecule has 1 unspecified atom stereocenters. The van der Waals surface area contributed by atoms with Crippen LogP contribution in [0.1, 0.15) is 28.9 Å². The van der Waals surface area contributed by atoms with Gasteiger partial charge in [0.25, 0.3) is 5.91 Å². The van der Waals surface area contributed by atoms with Gasteiger partial charge in [-0.2, -0.15) is 0 Å². The highest BCUT2D eigenvalue weighted by molar-refractivity contribution is 7.18. The maximum absolute atomic E-state index is 12.1. The van der Waals surface area contributed by atoms with Gasteiger partial charge < -0.3 is 26.4 Å². The second-order valence-corrected chi connectivity index (χ2v) is 6.14. The Hall–Kier alpha value is -1.38. The highest BCUT2D eigenvalue weighted by atomic mass is 32.1. The van der Waals surface area contributed by atoms with Crippen molar-refractivity contribution >= 4 is 28.2 Å². The van der Waals surface area contributed by atoms with E-state index in [1.165, 1.54) is 11.3 Å². The van der Waals surface area contributed by atoms with Crippen LogP contribution in [0.5, 0.6) is 0 Å². The third-order valence-corrected chi connectivity index (χ3v) is 4.54. The van der Waals surface area contributed by atoms with Gasteiger partial charge in [-0.3, -0.25) is 4.79 Å². The number of carbonyl (C=O) groups excluding carboxylic acids is 1. The van der Waals surface area contributed by atoms with Crippen LogP contribution in [0.25, 0.3) is 0 Å². The summed E-state index contributed by atoms with van der Waals surface area (Å²) >= 11 is 1.33. The van der Waals surface area contributed by atoms with Gasteiger partial charge >= 0.3 is 0 Å². The second-order valence-electron chi connectivity index (χ2n) is 5.16. The molecule has 21 heavy (non-hydrogen) atoms. The molecule has 1 fully saturated rings. The molecule has 0 saturated carbocycles. The predicted octanol–water partition coefficient (Wildman–Crippen LogP) is 0.419. The Kier molecular flexibility index (Phi) is 5.77. The number of hydrogen-bond donors (Lipinski definition) is 3. The lowest BCUT2D eigenvalue weighted by Crippen LogP contribution is -2.26. The Balaban J connectivity index is 1.88. The molecule has 0 bridgehead atoms. The van der Waals surface area contributed by atoms with Crippen LogP contribution in [0.3, 0.4) is 0 Å². The molecule has 8 heteroatoms. The lowest BCUT2D eigenvalue weighted by atomic mass is 10.3. The zero-order valence-corrected chi connectivity index (χ0v) is 13.1. The van der Waals surface area contributed by atoms with Crippen LogP contribution in [-0.4, -0.2) is 50.3 Å². The molecule has 1 aromatic rings. The van der Waals surface area contributed by atoms with E-state index in [-0.39, 0.29) is 11.9 Å². The molecule has 0 aliphatic carbocycles. The molecule has 0 spiro atoms. The van der Waals surface area contributed by atoms with Crippen molar-refractivity contribution in [3.05, 3.63) is 4.88 Å². The van der Waals surface area contributed by atoms with Gasteiger partial charge in [0.15, 0.2) is 5.13 Å². The number of thiazole rings is 1. The van der Waals surface area contributed by atoms with Gasteiger partial charge in [0.2, 0.25) is 0 Å². The molecular formula is C13H23N5O2S. The second kappa shape index (κ2) is 7.58. The van der Waals surface area contributed by atoms with E-state index >= 15 is 0 Å². The summed E-state index contributed by atoms with van der Waals surface area (Å²) < 4.78 is 4.97. The molecule has 5 N–H and O–H groups in total. The maximum atomic E-state index is 12.1. The molecule has 1 atom stereocenters. The lowest BCUT2D eigenvalue weighted by Gasteiger charge is -2.12. The number of unbranched alkanes of at least 4 members (excludes halogenated alkanes) is 1. The topological polar surface area (TPSA) is 106 Å². The molecule has 1 aliphatic rings. The number of nitrogen functional groups attached to an aromatic ring is 1. The molecule has 1 amide bonds. The van der Waals surface area contributed by atoms with E-state index in [9.17, 15) is 4.79 Å². The summed E-state index contributed by atoms with van der Waals surface area (Å²) in [4.78, 5) is 19.0. The third-order valence-electron chi connectivity index (χ3n) is 3.40. The van der Waals surface area contributed by atoms with Gasteiger partial charge in [-0.15, -0.1) is 0 Å². The van der Waals surface area contributed by atoms with Crippen LogP contribution in [0, 0.1) is 0 Å². The molecule has 2 rings (SSSR count). The highest BCUT2D eigenvalue weighted by Gasteiger charge is 2.24. The van der Waals surface area contributed by atoms with Gasteiger partial charge in [0.05, 0.1) is 0 Å². The summed E-state index contributed by atoms with van der Waals surface area (Å²) in [7, 11) is 1.67. The zero-order chi connectivity index (χ0) is 15.2. The number of nitrogens with one attached hydrogen (secondary N) is 1. The van der Waals surface area contributed by atoms with Crippen molar-refractivity contribution in [3.8, 4) is 0 Å². The highest BCUT2D eigenvalue weighted by Crippen LogP contribution is 2.30. The van der Waals surface area contributed by atoms with Gasteiger partial charge in [0.1, 0.15) is 10.7 Å². The van der Waals surface area contributed by atoms with E-state index in [2.05, 4.69) is 15.2 Å². The average molecular weight is 313 g/mol. The minimum Gasteiger partial charge on any atom is -0.385 e. The first kappa shape index (κ1) is 16.0. The fourth-order valence-corrected chi connectivity index (χ4v) is 3.17. The first-order chi connectivity index (χ1) is 10.1. The number of anilines is 2. The van der Waals surface area contributed by atoms with Crippen LogP contribution in [-0.2, 0) is 4.74 Å². The van der Waals surface area contributed by atoms with Gasteiger partial charge in [-0.1, -0.05) is 11.3 Å². The van der Waals surface area contributed by atoms with Crippen LogP contribution in [0.15, 0.2) is 0 Å². The molecule has 1 aliphatic heterocycles. The zero-order valence-electron chi connectivity index (χ0n) is 12.3. The van der Waals surface area contributed by atoms with Gasteiger partial charge in [-0.05, 0) is 19.3 Å². The van der Waals surface area contributed by atoms with Crippen molar-refractivity contribution in [2.75, 3.05) is 44.0 Å². The van der Waals surface area contributed by atoms with Crippen molar-refractivity contribution in [1.82, 2.24) is 10.3 Å². The molecule has 1 aromatic heterocycles. The van der Waals surface area contributed by atoms with Crippen molar-refractivity contribution in [3.63, 3.8) is 0 Å². The maximum Gasteiger partial charge on any atom is 0.265 e. The number of methoxy groups -OCH3 is 1. The standard InChI is InChI=1S/C13H23N5O2S/c1-20-7-3-2-5-16-12(19)10-11(15)17-13(21-10)18-6-4-9(14)8-18/h9H,2-8,14-15H2,1H3,(H,16,19). The molecule has 2 heterocycles. The van der Waals surface area contributed by atoms with Crippen molar-refractivity contribution in [2.24, 2.45) is 5.73 Å². The minimum atomic E-state index is -0.155. The largest absolute Gasteiger partial charge is 0.385 e. The van der Waals surface area contributed by atoms with E-state index in [1.54, 1.807) is 7.11 Å². The molecule has 0 radical (unpaired) electrons. The first-order valence-corrected chi connectivity index (χ1v) is 7.97. The van der Waals surface area contributed by atoms with Crippen LogP contribution >= 0.6 is 11.3 Å². The van der Waals surface area contributed by atoms with E-state index in [1.807, 2.05) is 0 Å². The smallest absolute Gasteiger partial charge is 0.265 e. The summed E-state index contributed by atoms with van der Waals surface area (Å²) in [6.07, 6.45) is 2.75. The number of nitrogens with two attached hydrogens (primary N) is 2. The van der Waals surface area contributed by atoms with E-state index in [0.717, 1.165) is 37.5 Å². The summed E-state index contributed by atoms with van der Waals surface area (Å²) in [6, 6.07) is 0.174. The third kappa shape index (κ3) is 4.29.